The van der Waals surface area contributed by atoms with Crippen LogP contribution in [0.1, 0.15) is 38.3 Å². The van der Waals surface area contributed by atoms with E-state index in [1.165, 1.54) is 0 Å². The van der Waals surface area contributed by atoms with Crippen molar-refractivity contribution in [2.45, 2.75) is 19.3 Å². The van der Waals surface area contributed by atoms with Crippen LogP contribution in [0.3, 0.4) is 0 Å². The second kappa shape index (κ2) is 3.89. The molecule has 2 aromatic carbocycles. The van der Waals surface area contributed by atoms with Crippen LogP contribution in [0.15, 0.2) is 48.5 Å². The number of ketones is 2. The van der Waals surface area contributed by atoms with Crippen LogP contribution in [-0.2, 0) is 12.8 Å². The molecular formula is C18H14O2. The van der Waals surface area contributed by atoms with Gasteiger partial charge in [0.1, 0.15) is 5.41 Å². The molecule has 2 aliphatic carbocycles. The number of aryl methyl sites for hydroxylation is 1. The summed E-state index contributed by atoms with van der Waals surface area (Å²) < 4.78 is 0. The maximum atomic E-state index is 12.9. The third kappa shape index (κ3) is 1.34. The lowest BCUT2D eigenvalue weighted by Crippen LogP contribution is -2.41. The number of carbonyl (C=O) groups excluding carboxylic acids is 2. The first-order valence-corrected chi connectivity index (χ1v) is 6.98. The molecule has 0 aliphatic heterocycles. The Morgan fingerprint density at radius 2 is 1.30 bits per heavy atom. The van der Waals surface area contributed by atoms with Gasteiger partial charge in [0.25, 0.3) is 0 Å². The summed E-state index contributed by atoms with van der Waals surface area (Å²) in [5.74, 6) is 0.0353. The molecule has 1 atom stereocenters. The SMILES string of the molecule is O=C1c2ccccc2CC[C@@]12Cc1ccccc1C2=O. The van der Waals surface area contributed by atoms with Gasteiger partial charge in [-0.15, -0.1) is 0 Å². The maximum absolute atomic E-state index is 12.9. The monoisotopic (exact) mass is 262 g/mol. The molecular weight excluding hydrogens is 248 g/mol. The van der Waals surface area contributed by atoms with Gasteiger partial charge in [-0.1, -0.05) is 48.5 Å². The topological polar surface area (TPSA) is 34.1 Å². The van der Waals surface area contributed by atoms with Crippen molar-refractivity contribution in [1.82, 2.24) is 0 Å². The van der Waals surface area contributed by atoms with Gasteiger partial charge in [0, 0.05) is 11.1 Å². The number of hydrogen-bond acceptors (Lipinski definition) is 2. The number of carbonyl (C=O) groups is 2. The molecule has 0 aromatic heterocycles. The fourth-order valence-corrected chi connectivity index (χ4v) is 3.62. The van der Waals surface area contributed by atoms with Crippen molar-refractivity contribution in [2.75, 3.05) is 0 Å². The Balaban J connectivity index is 1.86. The highest BCUT2D eigenvalue weighted by atomic mass is 16.2. The van der Waals surface area contributed by atoms with Gasteiger partial charge in [-0.25, -0.2) is 0 Å². The molecule has 1 spiro atoms. The van der Waals surface area contributed by atoms with Gasteiger partial charge in [0.2, 0.25) is 0 Å². The molecule has 0 unspecified atom stereocenters. The molecule has 98 valence electrons. The number of benzene rings is 2. The second-order valence-corrected chi connectivity index (χ2v) is 5.73. The maximum Gasteiger partial charge on any atom is 0.177 e. The summed E-state index contributed by atoms with van der Waals surface area (Å²) in [7, 11) is 0. The average molecular weight is 262 g/mol. The highest BCUT2D eigenvalue weighted by Gasteiger charge is 2.52. The van der Waals surface area contributed by atoms with Gasteiger partial charge in [0.05, 0.1) is 0 Å². The van der Waals surface area contributed by atoms with E-state index in [2.05, 4.69) is 0 Å². The first-order valence-electron chi connectivity index (χ1n) is 6.98. The van der Waals surface area contributed by atoms with E-state index in [-0.39, 0.29) is 11.6 Å². The van der Waals surface area contributed by atoms with Crippen LogP contribution in [0.5, 0.6) is 0 Å². The van der Waals surface area contributed by atoms with Crippen LogP contribution in [0.4, 0.5) is 0 Å². The highest BCUT2D eigenvalue weighted by molar-refractivity contribution is 6.23. The van der Waals surface area contributed by atoms with Gasteiger partial charge >= 0.3 is 0 Å². The van der Waals surface area contributed by atoms with Crippen molar-refractivity contribution < 1.29 is 9.59 Å². The third-order valence-corrected chi connectivity index (χ3v) is 4.71. The van der Waals surface area contributed by atoms with E-state index in [9.17, 15) is 9.59 Å². The minimum atomic E-state index is -0.835. The molecule has 0 fully saturated rings. The van der Waals surface area contributed by atoms with Crippen molar-refractivity contribution in [3.05, 3.63) is 70.8 Å². The van der Waals surface area contributed by atoms with E-state index < -0.39 is 5.41 Å². The molecule has 0 bridgehead atoms. The molecule has 0 radical (unpaired) electrons. The molecule has 0 saturated carbocycles. The summed E-state index contributed by atoms with van der Waals surface area (Å²) >= 11 is 0. The van der Waals surface area contributed by atoms with Crippen molar-refractivity contribution in [1.29, 1.82) is 0 Å². The predicted molar refractivity (Wildman–Crippen MR) is 76.0 cm³/mol. The van der Waals surface area contributed by atoms with E-state index in [1.54, 1.807) is 0 Å². The first kappa shape index (κ1) is 11.6. The lowest BCUT2D eigenvalue weighted by molar-refractivity contribution is 0.0655. The number of hydrogen-bond donors (Lipinski definition) is 0. The van der Waals surface area contributed by atoms with E-state index >= 15 is 0 Å². The predicted octanol–water partition coefficient (Wildman–Crippen LogP) is 3.24. The zero-order valence-corrected chi connectivity index (χ0v) is 11.1. The molecule has 2 heteroatoms. The molecule has 2 aromatic rings. The number of Topliss-reactive ketones (excluding diaryl/α,β-unsaturated/α-hetero) is 2. The average Bonchev–Trinajstić information content (AvgIpc) is 2.78. The smallest absolute Gasteiger partial charge is 0.177 e. The minimum Gasteiger partial charge on any atom is -0.293 e. The van der Waals surface area contributed by atoms with Crippen molar-refractivity contribution in [2.24, 2.45) is 5.41 Å². The van der Waals surface area contributed by atoms with Gasteiger partial charge < -0.3 is 0 Å². The summed E-state index contributed by atoms with van der Waals surface area (Å²) in [5, 5.41) is 0. The molecule has 2 nitrogen and oxygen atoms in total. The standard InChI is InChI=1S/C18H14O2/c19-16-14-7-3-1-5-12(14)9-10-18(16)11-13-6-2-4-8-15(13)17(18)20/h1-8H,9-11H2/t18-/m1/s1. The van der Waals surface area contributed by atoms with Gasteiger partial charge in [-0.05, 0) is 30.4 Å². The molecule has 0 saturated heterocycles. The van der Waals surface area contributed by atoms with Gasteiger partial charge in [-0.2, -0.15) is 0 Å². The first-order chi connectivity index (χ1) is 9.72. The Morgan fingerprint density at radius 3 is 1.95 bits per heavy atom. The molecule has 4 rings (SSSR count). The molecule has 2 aliphatic rings. The number of fused-ring (bicyclic) bond motifs is 2. The summed E-state index contributed by atoms with van der Waals surface area (Å²) in [6.45, 7) is 0. The molecule has 20 heavy (non-hydrogen) atoms. The Hall–Kier alpha value is -2.22. The Morgan fingerprint density at radius 1 is 0.750 bits per heavy atom. The largest absolute Gasteiger partial charge is 0.293 e. The second-order valence-electron chi connectivity index (χ2n) is 5.73. The number of rotatable bonds is 0. The zero-order chi connectivity index (χ0) is 13.7. The molecule has 0 N–H and O–H groups in total. The quantitative estimate of drug-likeness (QED) is 0.683. The Labute approximate surface area is 117 Å². The zero-order valence-electron chi connectivity index (χ0n) is 11.1. The fourth-order valence-electron chi connectivity index (χ4n) is 3.62. The van der Waals surface area contributed by atoms with Crippen LogP contribution in [0.25, 0.3) is 0 Å². The van der Waals surface area contributed by atoms with E-state index in [4.69, 9.17) is 0 Å². The highest BCUT2D eigenvalue weighted by Crippen LogP contribution is 2.45. The van der Waals surface area contributed by atoms with Crippen LogP contribution in [-0.4, -0.2) is 11.6 Å². The minimum absolute atomic E-state index is 0.0144. The van der Waals surface area contributed by atoms with Gasteiger partial charge in [0.15, 0.2) is 11.6 Å². The Kier molecular flexibility index (Phi) is 2.25. The lowest BCUT2D eigenvalue weighted by atomic mass is 9.68. The summed E-state index contributed by atoms with van der Waals surface area (Å²) in [5.41, 5.74) is 2.73. The fraction of sp³-hybridized carbons (Fsp3) is 0.222. The van der Waals surface area contributed by atoms with Crippen molar-refractivity contribution in [3.63, 3.8) is 0 Å². The Bertz CT molecular complexity index is 745. The summed E-state index contributed by atoms with van der Waals surface area (Å²) in [6.07, 6.45) is 2.01. The molecule has 0 heterocycles. The van der Waals surface area contributed by atoms with Crippen LogP contribution >= 0.6 is 0 Å². The van der Waals surface area contributed by atoms with Crippen molar-refractivity contribution >= 4 is 11.6 Å². The van der Waals surface area contributed by atoms with E-state index in [0.717, 1.165) is 28.7 Å². The van der Waals surface area contributed by atoms with Crippen LogP contribution in [0, 0.1) is 5.41 Å². The van der Waals surface area contributed by atoms with E-state index in [0.29, 0.717) is 12.8 Å². The third-order valence-electron chi connectivity index (χ3n) is 4.71. The lowest BCUT2D eigenvalue weighted by Gasteiger charge is -2.31. The van der Waals surface area contributed by atoms with E-state index in [1.807, 2.05) is 48.5 Å². The van der Waals surface area contributed by atoms with Crippen LogP contribution in [0.2, 0.25) is 0 Å². The molecule has 0 amide bonds. The summed E-state index contributed by atoms with van der Waals surface area (Å²) in [6, 6.07) is 15.3. The normalized spacial score (nSPS) is 23.8. The van der Waals surface area contributed by atoms with Gasteiger partial charge in [-0.3, -0.25) is 9.59 Å². The summed E-state index contributed by atoms with van der Waals surface area (Å²) in [4.78, 5) is 25.7. The van der Waals surface area contributed by atoms with Crippen LogP contribution < -0.4 is 0 Å². The van der Waals surface area contributed by atoms with Crippen molar-refractivity contribution in [3.8, 4) is 0 Å².